The van der Waals surface area contributed by atoms with E-state index in [1.54, 1.807) is 25.7 Å². The molecule has 0 unspecified atom stereocenters. The Labute approximate surface area is 335 Å². The van der Waals surface area contributed by atoms with Gasteiger partial charge in [0, 0.05) is 36.3 Å². The van der Waals surface area contributed by atoms with Gasteiger partial charge in [0.1, 0.15) is 0 Å². The van der Waals surface area contributed by atoms with Crippen molar-refractivity contribution in [2.45, 2.75) is 267 Å². The van der Waals surface area contributed by atoms with E-state index in [9.17, 15) is 0 Å². The third-order valence-corrected chi connectivity index (χ3v) is 17.9. The summed E-state index contributed by atoms with van der Waals surface area (Å²) in [6.45, 7) is 0. The molecule has 8 rings (SSSR count). The minimum absolute atomic E-state index is 0.874. The van der Waals surface area contributed by atoms with E-state index in [2.05, 4.69) is 34.1 Å². The van der Waals surface area contributed by atoms with E-state index in [1.165, 1.54) is 205 Å². The van der Waals surface area contributed by atoms with Crippen LogP contribution < -0.4 is 0 Å². The molecule has 54 heavy (non-hydrogen) atoms. The number of rotatable bonds is 11. The summed E-state index contributed by atoms with van der Waals surface area (Å²) in [5.74, 6) is 5.62. The molecule has 8 fully saturated rings. The number of allylic oxidation sites excluding steroid dienone is 4. The normalized spacial score (nSPS) is 38.2. The van der Waals surface area contributed by atoms with E-state index < -0.39 is 0 Å². The van der Waals surface area contributed by atoms with Gasteiger partial charge in [-0.25, -0.2) is 0 Å². The molecule has 0 amide bonds. The van der Waals surface area contributed by atoms with Crippen molar-refractivity contribution in [2.24, 2.45) is 35.5 Å². The molecule has 0 aromatic heterocycles. The Bertz CT molecular complexity index is 997. The molecular formula is C52H88N2. The molecule has 8 saturated carbocycles. The van der Waals surface area contributed by atoms with Crippen molar-refractivity contribution >= 4 is 0 Å². The zero-order valence-corrected chi connectivity index (χ0v) is 35.6. The molecule has 0 N–H and O–H groups in total. The summed E-state index contributed by atoms with van der Waals surface area (Å²) in [5.41, 5.74) is 0. The SMILES string of the molecule is C(=CC1CCC(N(C2CCCCC2)C2CCC(C3CCC(N(C4CCCCC4)C4CCC(C=CC5CCCCC5)CC4)CC3)CC2)CC1)C1CCCCC1. The lowest BCUT2D eigenvalue weighted by Gasteiger charge is -2.51. The molecule has 8 aliphatic rings. The van der Waals surface area contributed by atoms with Crippen LogP contribution in [0.4, 0.5) is 0 Å². The Morgan fingerprint density at radius 2 is 0.426 bits per heavy atom. The second-order valence-corrected chi connectivity index (χ2v) is 21.3. The van der Waals surface area contributed by atoms with E-state index in [1.807, 2.05) is 0 Å². The summed E-state index contributed by atoms with van der Waals surface area (Å²) >= 11 is 0. The molecule has 0 aromatic carbocycles. The maximum absolute atomic E-state index is 3.25. The van der Waals surface area contributed by atoms with Crippen molar-refractivity contribution in [3.63, 3.8) is 0 Å². The molecule has 0 radical (unpaired) electrons. The molecule has 0 atom stereocenters. The van der Waals surface area contributed by atoms with Crippen LogP contribution in [-0.2, 0) is 0 Å². The Balaban J connectivity index is 0.818. The standard InChI is InChI=1S/C52H88N2/c1-5-13-41(14-6-1)21-23-43-25-33-49(34-26-43)53(47-17-9-3-10-18-47)51-37-29-45(30-38-51)46-31-39-52(40-32-46)54(48-19-11-4-12-20-48)50-35-27-44(28-36-50)24-22-42-15-7-2-8-16-42/h21-24,41-52H,1-20,25-40H2. The molecule has 2 nitrogen and oxygen atoms in total. The third kappa shape index (κ3) is 10.9. The highest BCUT2D eigenvalue weighted by atomic mass is 15.2. The van der Waals surface area contributed by atoms with E-state index in [-0.39, 0.29) is 0 Å². The minimum Gasteiger partial charge on any atom is -0.294 e. The van der Waals surface area contributed by atoms with Crippen LogP contribution in [0.15, 0.2) is 24.3 Å². The van der Waals surface area contributed by atoms with E-state index in [0.29, 0.717) is 0 Å². The van der Waals surface area contributed by atoms with Gasteiger partial charge in [-0.05, 0) is 190 Å². The van der Waals surface area contributed by atoms with Crippen LogP contribution in [0.5, 0.6) is 0 Å². The fourth-order valence-electron chi connectivity index (χ4n) is 14.8. The summed E-state index contributed by atoms with van der Waals surface area (Å²) in [6, 6.07) is 5.38. The van der Waals surface area contributed by atoms with Crippen LogP contribution >= 0.6 is 0 Å². The van der Waals surface area contributed by atoms with Gasteiger partial charge in [0.15, 0.2) is 0 Å². The van der Waals surface area contributed by atoms with Gasteiger partial charge in [-0.1, -0.05) is 101 Å². The fourth-order valence-corrected chi connectivity index (χ4v) is 14.8. The van der Waals surface area contributed by atoms with Crippen molar-refractivity contribution in [1.82, 2.24) is 9.80 Å². The Morgan fingerprint density at radius 1 is 0.204 bits per heavy atom. The highest BCUT2D eigenvalue weighted by Gasteiger charge is 2.41. The smallest absolute Gasteiger partial charge is 0.0102 e. The summed E-state index contributed by atoms with van der Waals surface area (Å²) in [4.78, 5) is 6.49. The lowest BCUT2D eigenvalue weighted by molar-refractivity contribution is -0.00738. The first-order valence-corrected chi connectivity index (χ1v) is 25.7. The van der Waals surface area contributed by atoms with Gasteiger partial charge in [0.05, 0.1) is 0 Å². The number of hydrogen-bond acceptors (Lipinski definition) is 2. The zero-order chi connectivity index (χ0) is 36.4. The van der Waals surface area contributed by atoms with Crippen LogP contribution in [0.3, 0.4) is 0 Å². The van der Waals surface area contributed by atoms with E-state index in [4.69, 9.17) is 0 Å². The lowest BCUT2D eigenvalue weighted by Crippen LogP contribution is -2.53. The molecule has 0 saturated heterocycles. The van der Waals surface area contributed by atoms with Crippen molar-refractivity contribution in [1.29, 1.82) is 0 Å². The van der Waals surface area contributed by atoms with Crippen LogP contribution in [0.1, 0.15) is 231 Å². The first-order valence-electron chi connectivity index (χ1n) is 25.7. The number of nitrogens with zero attached hydrogens (tertiary/aromatic N) is 2. The van der Waals surface area contributed by atoms with Gasteiger partial charge >= 0.3 is 0 Å². The number of hydrogen-bond donors (Lipinski definition) is 0. The second-order valence-electron chi connectivity index (χ2n) is 21.3. The largest absolute Gasteiger partial charge is 0.294 e. The predicted octanol–water partition coefficient (Wildman–Crippen LogP) is 14.8. The van der Waals surface area contributed by atoms with Crippen LogP contribution in [0.25, 0.3) is 0 Å². The second kappa shape index (κ2) is 20.9. The first-order chi connectivity index (χ1) is 26.8. The lowest BCUT2D eigenvalue weighted by atomic mass is 9.70. The van der Waals surface area contributed by atoms with Gasteiger partial charge in [-0.15, -0.1) is 0 Å². The van der Waals surface area contributed by atoms with E-state index in [0.717, 1.165) is 71.8 Å². The molecule has 0 spiro atoms. The van der Waals surface area contributed by atoms with Crippen molar-refractivity contribution in [3.8, 4) is 0 Å². The minimum atomic E-state index is 0.874. The summed E-state index contributed by atoms with van der Waals surface area (Å²) in [7, 11) is 0. The van der Waals surface area contributed by atoms with Gasteiger partial charge in [0.25, 0.3) is 0 Å². The molecule has 306 valence electrons. The monoisotopic (exact) mass is 741 g/mol. The third-order valence-electron chi connectivity index (χ3n) is 17.9. The van der Waals surface area contributed by atoms with Gasteiger partial charge in [-0.2, -0.15) is 0 Å². The molecule has 0 aromatic rings. The molecule has 2 heteroatoms. The van der Waals surface area contributed by atoms with Crippen LogP contribution in [0, 0.1) is 35.5 Å². The fraction of sp³-hybridized carbons (Fsp3) is 0.923. The van der Waals surface area contributed by atoms with Crippen molar-refractivity contribution < 1.29 is 0 Å². The predicted molar refractivity (Wildman–Crippen MR) is 232 cm³/mol. The Hall–Kier alpha value is -0.600. The maximum atomic E-state index is 3.25. The summed E-state index contributed by atoms with van der Waals surface area (Å²) < 4.78 is 0. The molecule has 0 heterocycles. The highest BCUT2D eigenvalue weighted by molar-refractivity contribution is 5.01. The van der Waals surface area contributed by atoms with Gasteiger partial charge in [-0.3, -0.25) is 9.80 Å². The van der Waals surface area contributed by atoms with E-state index >= 15 is 0 Å². The van der Waals surface area contributed by atoms with Crippen molar-refractivity contribution in [3.05, 3.63) is 24.3 Å². The van der Waals surface area contributed by atoms with Crippen LogP contribution in [-0.4, -0.2) is 46.1 Å². The molecule has 0 bridgehead atoms. The zero-order valence-electron chi connectivity index (χ0n) is 35.6. The van der Waals surface area contributed by atoms with Gasteiger partial charge < -0.3 is 0 Å². The first kappa shape index (κ1) is 40.2. The Kier molecular flexibility index (Phi) is 15.6. The van der Waals surface area contributed by atoms with Crippen molar-refractivity contribution in [2.75, 3.05) is 0 Å². The highest BCUT2D eigenvalue weighted by Crippen LogP contribution is 2.45. The topological polar surface area (TPSA) is 6.48 Å². The quantitative estimate of drug-likeness (QED) is 0.195. The average molecular weight is 741 g/mol. The van der Waals surface area contributed by atoms with Crippen LogP contribution in [0.2, 0.25) is 0 Å². The molecule has 0 aliphatic heterocycles. The molecular weight excluding hydrogens is 653 g/mol. The maximum Gasteiger partial charge on any atom is 0.0102 e. The summed E-state index contributed by atoms with van der Waals surface area (Å²) in [6.07, 6.45) is 64.5. The summed E-state index contributed by atoms with van der Waals surface area (Å²) in [5, 5.41) is 0. The average Bonchev–Trinajstić information content (AvgIpc) is 3.25. The van der Waals surface area contributed by atoms with Gasteiger partial charge in [0.2, 0.25) is 0 Å². The Morgan fingerprint density at radius 3 is 0.722 bits per heavy atom. The molecule has 8 aliphatic carbocycles.